The number of rotatable bonds is 5. The Morgan fingerprint density at radius 2 is 1.88 bits per heavy atom. The smallest absolute Gasteiger partial charge is 0.471 e. The third-order valence-corrected chi connectivity index (χ3v) is 4.42. The van der Waals surface area contributed by atoms with Crippen molar-refractivity contribution in [2.45, 2.75) is 32.9 Å². The zero-order valence-corrected chi connectivity index (χ0v) is 14.9. The van der Waals surface area contributed by atoms with E-state index in [0.29, 0.717) is 25.1 Å². The van der Waals surface area contributed by atoms with Gasteiger partial charge in [0.05, 0.1) is 0 Å². The number of carbonyl (C=O) groups is 2. The summed E-state index contributed by atoms with van der Waals surface area (Å²) >= 11 is 0. The minimum absolute atomic E-state index is 0.0531. The highest BCUT2D eigenvalue weighted by molar-refractivity contribution is 5.82. The van der Waals surface area contributed by atoms with Crippen LogP contribution in [0.15, 0.2) is 18.2 Å². The highest BCUT2D eigenvalue weighted by Gasteiger charge is 2.43. The number of halogens is 3. The van der Waals surface area contributed by atoms with Crippen molar-refractivity contribution in [3.63, 3.8) is 0 Å². The summed E-state index contributed by atoms with van der Waals surface area (Å²) in [7, 11) is 0. The number of ether oxygens (including phenoxy) is 1. The van der Waals surface area contributed by atoms with Crippen LogP contribution < -0.4 is 10.1 Å². The summed E-state index contributed by atoms with van der Waals surface area (Å²) < 4.78 is 42.7. The molecule has 0 aromatic heterocycles. The van der Waals surface area contributed by atoms with E-state index in [0.717, 1.165) is 16.0 Å². The first-order chi connectivity index (χ1) is 12.2. The fourth-order valence-corrected chi connectivity index (χ4v) is 2.93. The zero-order chi connectivity index (χ0) is 19.3. The second kappa shape index (κ2) is 8.42. The molecule has 1 aromatic carbocycles. The van der Waals surface area contributed by atoms with Crippen molar-refractivity contribution in [3.8, 4) is 5.75 Å². The molecule has 26 heavy (non-hydrogen) atoms. The summed E-state index contributed by atoms with van der Waals surface area (Å²) in [5.41, 5.74) is 2.05. The largest absolute Gasteiger partial charge is 0.484 e. The summed E-state index contributed by atoms with van der Waals surface area (Å²) in [6, 6.07) is 5.67. The van der Waals surface area contributed by atoms with E-state index in [1.54, 1.807) is 0 Å². The van der Waals surface area contributed by atoms with Gasteiger partial charge in [-0.25, -0.2) is 0 Å². The lowest BCUT2D eigenvalue weighted by Gasteiger charge is -2.32. The Hall–Kier alpha value is -2.25. The monoisotopic (exact) mass is 372 g/mol. The van der Waals surface area contributed by atoms with Gasteiger partial charge in [-0.1, -0.05) is 17.7 Å². The van der Waals surface area contributed by atoms with Crippen molar-refractivity contribution < 1.29 is 27.5 Å². The molecule has 1 heterocycles. The third-order valence-electron chi connectivity index (χ3n) is 4.42. The van der Waals surface area contributed by atoms with Crippen LogP contribution >= 0.6 is 0 Å². The second-order valence-corrected chi connectivity index (χ2v) is 6.60. The van der Waals surface area contributed by atoms with Gasteiger partial charge in [0.15, 0.2) is 6.61 Å². The maximum absolute atomic E-state index is 12.4. The number of alkyl halides is 3. The van der Waals surface area contributed by atoms with E-state index in [9.17, 15) is 22.8 Å². The molecule has 1 aliphatic rings. The fraction of sp³-hybridized carbons (Fsp3) is 0.556. The SMILES string of the molecule is Cc1ccc(OCC(=O)NCC2CCN(C(=O)C(F)(F)F)CC2)c(C)c1. The quantitative estimate of drug-likeness (QED) is 0.864. The van der Waals surface area contributed by atoms with E-state index >= 15 is 0 Å². The second-order valence-electron chi connectivity index (χ2n) is 6.60. The number of benzene rings is 1. The predicted octanol–water partition coefficient (Wildman–Crippen LogP) is 2.60. The van der Waals surface area contributed by atoms with Gasteiger partial charge < -0.3 is 15.0 Å². The molecular formula is C18H23F3N2O3. The van der Waals surface area contributed by atoms with Crippen molar-refractivity contribution >= 4 is 11.8 Å². The molecule has 0 radical (unpaired) electrons. The average molecular weight is 372 g/mol. The number of hydrogen-bond acceptors (Lipinski definition) is 3. The lowest BCUT2D eigenvalue weighted by Crippen LogP contribution is -2.46. The highest BCUT2D eigenvalue weighted by atomic mass is 19.4. The Morgan fingerprint density at radius 3 is 2.46 bits per heavy atom. The lowest BCUT2D eigenvalue weighted by molar-refractivity contribution is -0.186. The van der Waals surface area contributed by atoms with Gasteiger partial charge in [-0.3, -0.25) is 9.59 Å². The van der Waals surface area contributed by atoms with Gasteiger partial charge in [0, 0.05) is 19.6 Å². The van der Waals surface area contributed by atoms with Crippen LogP contribution in [0.3, 0.4) is 0 Å². The van der Waals surface area contributed by atoms with Crippen molar-refractivity contribution in [3.05, 3.63) is 29.3 Å². The number of likely N-dealkylation sites (tertiary alicyclic amines) is 1. The third kappa shape index (κ3) is 5.64. The van der Waals surface area contributed by atoms with E-state index < -0.39 is 12.1 Å². The molecule has 0 spiro atoms. The maximum Gasteiger partial charge on any atom is 0.471 e. The van der Waals surface area contributed by atoms with E-state index in [1.165, 1.54) is 0 Å². The van der Waals surface area contributed by atoms with Crippen LogP contribution in [0, 0.1) is 19.8 Å². The first-order valence-electron chi connectivity index (χ1n) is 8.49. The van der Waals surface area contributed by atoms with Crippen LogP contribution in [0.25, 0.3) is 0 Å². The highest BCUT2D eigenvalue weighted by Crippen LogP contribution is 2.23. The molecule has 2 rings (SSSR count). The summed E-state index contributed by atoms with van der Waals surface area (Å²) in [6.45, 7) is 4.22. The van der Waals surface area contributed by atoms with Gasteiger partial charge in [0.1, 0.15) is 5.75 Å². The van der Waals surface area contributed by atoms with Crippen molar-refractivity contribution in [2.75, 3.05) is 26.2 Å². The number of nitrogens with zero attached hydrogens (tertiary/aromatic N) is 1. The van der Waals surface area contributed by atoms with Crippen LogP contribution in [0.4, 0.5) is 13.2 Å². The number of hydrogen-bond donors (Lipinski definition) is 1. The Morgan fingerprint density at radius 1 is 1.23 bits per heavy atom. The maximum atomic E-state index is 12.4. The molecule has 0 unspecified atom stereocenters. The van der Waals surface area contributed by atoms with Crippen LogP contribution in [0.2, 0.25) is 0 Å². The molecule has 0 bridgehead atoms. The first-order valence-corrected chi connectivity index (χ1v) is 8.49. The standard InChI is InChI=1S/C18H23F3N2O3/c1-12-3-4-15(13(2)9-12)26-11-16(24)22-10-14-5-7-23(8-6-14)17(25)18(19,20)21/h3-4,9,14H,5-8,10-11H2,1-2H3,(H,22,24). The molecule has 8 heteroatoms. The molecule has 2 amide bonds. The van der Waals surface area contributed by atoms with E-state index in [2.05, 4.69) is 5.32 Å². The molecule has 1 aromatic rings. The Kier molecular flexibility index (Phi) is 6.50. The van der Waals surface area contributed by atoms with Crippen molar-refractivity contribution in [1.29, 1.82) is 0 Å². The number of amides is 2. The molecule has 1 saturated heterocycles. The topological polar surface area (TPSA) is 58.6 Å². The number of aryl methyl sites for hydroxylation is 2. The van der Waals surface area contributed by atoms with Crippen LogP contribution in [0.1, 0.15) is 24.0 Å². The van der Waals surface area contributed by atoms with Crippen LogP contribution in [-0.2, 0) is 9.59 Å². The molecule has 0 saturated carbocycles. The fourth-order valence-electron chi connectivity index (χ4n) is 2.93. The molecule has 144 valence electrons. The molecule has 1 aliphatic heterocycles. The molecule has 1 N–H and O–H groups in total. The van der Waals surface area contributed by atoms with Gasteiger partial charge in [-0.05, 0) is 44.2 Å². The minimum Gasteiger partial charge on any atom is -0.484 e. The number of nitrogens with one attached hydrogen (secondary N) is 1. The van der Waals surface area contributed by atoms with Gasteiger partial charge in [0.2, 0.25) is 0 Å². The van der Waals surface area contributed by atoms with Crippen molar-refractivity contribution in [2.24, 2.45) is 5.92 Å². The minimum atomic E-state index is -4.83. The Labute approximate surface area is 150 Å². The molecule has 0 aliphatic carbocycles. The van der Waals surface area contributed by atoms with Gasteiger partial charge in [-0.2, -0.15) is 13.2 Å². The number of piperidine rings is 1. The number of carbonyl (C=O) groups excluding carboxylic acids is 2. The van der Waals surface area contributed by atoms with Crippen LogP contribution in [0.5, 0.6) is 5.75 Å². The zero-order valence-electron chi connectivity index (χ0n) is 14.9. The van der Waals surface area contributed by atoms with Crippen molar-refractivity contribution in [1.82, 2.24) is 10.2 Å². The molecule has 0 atom stereocenters. The summed E-state index contributed by atoms with van der Waals surface area (Å²) in [5.74, 6) is -1.37. The average Bonchev–Trinajstić information content (AvgIpc) is 2.58. The molecule has 1 fully saturated rings. The summed E-state index contributed by atoms with van der Waals surface area (Å²) in [6.07, 6.45) is -3.97. The van der Waals surface area contributed by atoms with Gasteiger partial charge >= 0.3 is 12.1 Å². The van der Waals surface area contributed by atoms with Gasteiger partial charge in [-0.15, -0.1) is 0 Å². The Bertz CT molecular complexity index is 654. The molecular weight excluding hydrogens is 349 g/mol. The summed E-state index contributed by atoms with van der Waals surface area (Å²) in [5, 5.41) is 2.74. The van der Waals surface area contributed by atoms with E-state index in [4.69, 9.17) is 4.74 Å². The Balaban J connectivity index is 1.69. The predicted molar refractivity (Wildman–Crippen MR) is 89.8 cm³/mol. The molecule has 5 nitrogen and oxygen atoms in total. The summed E-state index contributed by atoms with van der Waals surface area (Å²) in [4.78, 5) is 23.9. The van der Waals surface area contributed by atoms with Crippen LogP contribution in [-0.4, -0.2) is 49.1 Å². The normalized spacial score (nSPS) is 15.7. The van der Waals surface area contributed by atoms with E-state index in [1.807, 2.05) is 32.0 Å². The lowest BCUT2D eigenvalue weighted by atomic mass is 9.96. The first kappa shape index (κ1) is 20.1. The van der Waals surface area contributed by atoms with E-state index in [-0.39, 0.29) is 31.5 Å². The van der Waals surface area contributed by atoms with Gasteiger partial charge in [0.25, 0.3) is 5.91 Å².